The molecule has 0 aliphatic rings. The molecular formula is C16H13ClN2O2. The number of nitrogens with zero attached hydrogens (tertiary/aromatic N) is 2. The number of ketones is 1. The van der Waals surface area contributed by atoms with Crippen LogP contribution in [-0.4, -0.2) is 22.4 Å². The number of Topliss-reactive ketones (excluding diaryl/α,β-unsaturated/α-hetero) is 1. The van der Waals surface area contributed by atoms with E-state index in [1.54, 1.807) is 31.6 Å². The molecule has 1 heterocycles. The van der Waals surface area contributed by atoms with Gasteiger partial charge in [-0.05, 0) is 30.3 Å². The summed E-state index contributed by atoms with van der Waals surface area (Å²) in [5.74, 6) is 0.531. The Bertz CT molecular complexity index is 811. The quantitative estimate of drug-likeness (QED) is 0.692. The Balaban J connectivity index is 1.88. The van der Waals surface area contributed by atoms with Crippen molar-refractivity contribution in [3.63, 3.8) is 0 Å². The van der Waals surface area contributed by atoms with Crippen molar-refractivity contribution in [2.45, 2.75) is 6.54 Å². The second kappa shape index (κ2) is 5.58. The van der Waals surface area contributed by atoms with Gasteiger partial charge >= 0.3 is 0 Å². The van der Waals surface area contributed by atoms with Crippen LogP contribution in [-0.2, 0) is 6.54 Å². The minimum absolute atomic E-state index is 0.0253. The molecule has 0 atom stereocenters. The van der Waals surface area contributed by atoms with Gasteiger partial charge in [-0.3, -0.25) is 4.79 Å². The fourth-order valence-electron chi connectivity index (χ4n) is 2.22. The minimum Gasteiger partial charge on any atom is -0.495 e. The van der Waals surface area contributed by atoms with Crippen LogP contribution in [0.3, 0.4) is 0 Å². The van der Waals surface area contributed by atoms with E-state index in [1.165, 1.54) is 0 Å². The van der Waals surface area contributed by atoms with E-state index in [9.17, 15) is 4.79 Å². The van der Waals surface area contributed by atoms with E-state index in [0.717, 1.165) is 11.0 Å². The zero-order valence-corrected chi connectivity index (χ0v) is 12.2. The van der Waals surface area contributed by atoms with Crippen LogP contribution in [0.1, 0.15) is 10.4 Å². The average Bonchev–Trinajstić information content (AvgIpc) is 2.90. The fraction of sp³-hybridized carbons (Fsp3) is 0.125. The molecule has 106 valence electrons. The lowest BCUT2D eigenvalue weighted by Gasteiger charge is -2.07. The van der Waals surface area contributed by atoms with Crippen LogP contribution in [0.2, 0.25) is 5.02 Å². The van der Waals surface area contributed by atoms with Crippen molar-refractivity contribution in [2.24, 2.45) is 0 Å². The van der Waals surface area contributed by atoms with Crippen LogP contribution in [0, 0.1) is 0 Å². The molecule has 0 aliphatic carbocycles. The molecule has 0 unspecified atom stereocenters. The first kappa shape index (κ1) is 13.6. The number of hydrogen-bond acceptors (Lipinski definition) is 3. The van der Waals surface area contributed by atoms with Gasteiger partial charge in [0.2, 0.25) is 0 Å². The number of ether oxygens (including phenoxy) is 1. The summed E-state index contributed by atoms with van der Waals surface area (Å²) < 4.78 is 6.91. The summed E-state index contributed by atoms with van der Waals surface area (Å²) in [5.41, 5.74) is 2.36. The number of halogens is 1. The van der Waals surface area contributed by atoms with Crippen LogP contribution < -0.4 is 4.74 Å². The molecule has 0 aliphatic heterocycles. The molecule has 0 amide bonds. The molecule has 0 spiro atoms. The van der Waals surface area contributed by atoms with Gasteiger partial charge in [0.25, 0.3) is 0 Å². The topological polar surface area (TPSA) is 44.1 Å². The largest absolute Gasteiger partial charge is 0.495 e. The molecule has 3 rings (SSSR count). The molecule has 5 heteroatoms. The number of carbonyl (C=O) groups excluding carboxylic acids is 1. The highest BCUT2D eigenvalue weighted by molar-refractivity contribution is 6.32. The molecule has 1 aromatic heterocycles. The number of rotatable bonds is 4. The molecule has 0 saturated carbocycles. The lowest BCUT2D eigenvalue weighted by atomic mass is 10.1. The summed E-state index contributed by atoms with van der Waals surface area (Å²) in [7, 11) is 1.54. The van der Waals surface area contributed by atoms with Gasteiger partial charge < -0.3 is 9.30 Å². The Hall–Kier alpha value is -2.33. The summed E-state index contributed by atoms with van der Waals surface area (Å²) in [4.78, 5) is 16.6. The third-order valence-electron chi connectivity index (χ3n) is 3.32. The first-order chi connectivity index (χ1) is 10.2. The second-order valence-corrected chi connectivity index (χ2v) is 5.04. The van der Waals surface area contributed by atoms with Crippen LogP contribution in [0.5, 0.6) is 5.75 Å². The predicted octanol–water partition coefficient (Wildman–Crippen LogP) is 3.58. The molecule has 0 radical (unpaired) electrons. The van der Waals surface area contributed by atoms with Crippen molar-refractivity contribution in [1.29, 1.82) is 0 Å². The molecule has 0 N–H and O–H groups in total. The fourth-order valence-corrected chi connectivity index (χ4v) is 2.48. The first-order valence-corrected chi connectivity index (χ1v) is 6.83. The SMILES string of the molecule is COc1ccc(C(=O)Cn2cnc3ccccc32)cc1Cl. The van der Waals surface area contributed by atoms with E-state index in [0.29, 0.717) is 16.3 Å². The Labute approximate surface area is 126 Å². The van der Waals surface area contributed by atoms with Crippen LogP contribution >= 0.6 is 11.6 Å². The maximum absolute atomic E-state index is 12.4. The minimum atomic E-state index is -0.0253. The van der Waals surface area contributed by atoms with Gasteiger partial charge in [-0.2, -0.15) is 0 Å². The molecule has 3 aromatic rings. The lowest BCUT2D eigenvalue weighted by Crippen LogP contribution is -2.09. The van der Waals surface area contributed by atoms with Crippen LogP contribution in [0.4, 0.5) is 0 Å². The smallest absolute Gasteiger partial charge is 0.182 e. The van der Waals surface area contributed by atoms with Crippen molar-refractivity contribution in [3.8, 4) is 5.75 Å². The number of fused-ring (bicyclic) bond motifs is 1. The average molecular weight is 301 g/mol. The molecular weight excluding hydrogens is 288 g/mol. The van der Waals surface area contributed by atoms with Crippen molar-refractivity contribution >= 4 is 28.4 Å². The first-order valence-electron chi connectivity index (χ1n) is 6.45. The second-order valence-electron chi connectivity index (χ2n) is 4.63. The third-order valence-corrected chi connectivity index (χ3v) is 3.61. The summed E-state index contributed by atoms with van der Waals surface area (Å²) in [6, 6.07) is 12.7. The maximum Gasteiger partial charge on any atom is 0.182 e. The van der Waals surface area contributed by atoms with Crippen LogP contribution in [0.15, 0.2) is 48.8 Å². The van der Waals surface area contributed by atoms with Gasteiger partial charge in [-0.15, -0.1) is 0 Å². The molecule has 0 fully saturated rings. The van der Waals surface area contributed by atoms with E-state index < -0.39 is 0 Å². The number of imidazole rings is 1. The number of hydrogen-bond donors (Lipinski definition) is 0. The van der Waals surface area contributed by atoms with Gasteiger partial charge in [-0.1, -0.05) is 23.7 Å². The molecule has 4 nitrogen and oxygen atoms in total. The van der Waals surface area contributed by atoms with Gasteiger partial charge in [0, 0.05) is 5.56 Å². The number of aromatic nitrogens is 2. The monoisotopic (exact) mass is 300 g/mol. The summed E-state index contributed by atoms with van der Waals surface area (Å²) in [6.07, 6.45) is 1.67. The van der Waals surface area contributed by atoms with Crippen molar-refractivity contribution in [2.75, 3.05) is 7.11 Å². The molecule has 21 heavy (non-hydrogen) atoms. The van der Waals surface area contributed by atoms with Crippen molar-refractivity contribution in [1.82, 2.24) is 9.55 Å². The Kier molecular flexibility index (Phi) is 3.62. The summed E-state index contributed by atoms with van der Waals surface area (Å²) in [6.45, 7) is 0.225. The number of benzene rings is 2. The zero-order valence-electron chi connectivity index (χ0n) is 11.4. The Morgan fingerprint density at radius 3 is 2.86 bits per heavy atom. The van der Waals surface area contributed by atoms with E-state index >= 15 is 0 Å². The van der Waals surface area contributed by atoms with Crippen molar-refractivity contribution in [3.05, 3.63) is 59.4 Å². The Morgan fingerprint density at radius 1 is 1.29 bits per heavy atom. The highest BCUT2D eigenvalue weighted by Crippen LogP contribution is 2.25. The number of methoxy groups -OCH3 is 1. The van der Waals surface area contributed by atoms with Gasteiger partial charge in [0.15, 0.2) is 5.78 Å². The van der Waals surface area contributed by atoms with Gasteiger partial charge in [0.1, 0.15) is 5.75 Å². The van der Waals surface area contributed by atoms with Crippen LogP contribution in [0.25, 0.3) is 11.0 Å². The Morgan fingerprint density at radius 2 is 2.10 bits per heavy atom. The van der Waals surface area contributed by atoms with E-state index in [-0.39, 0.29) is 12.3 Å². The normalized spacial score (nSPS) is 10.8. The molecule has 2 aromatic carbocycles. The standard InChI is InChI=1S/C16H13ClN2O2/c1-21-16-7-6-11(8-12(16)17)15(20)9-19-10-18-13-4-2-3-5-14(13)19/h2-8,10H,9H2,1H3. The van der Waals surface area contributed by atoms with E-state index in [4.69, 9.17) is 16.3 Å². The van der Waals surface area contributed by atoms with E-state index in [2.05, 4.69) is 4.98 Å². The van der Waals surface area contributed by atoms with Gasteiger partial charge in [0.05, 0.1) is 36.0 Å². The maximum atomic E-state index is 12.4. The predicted molar refractivity (Wildman–Crippen MR) is 82.1 cm³/mol. The van der Waals surface area contributed by atoms with Gasteiger partial charge in [-0.25, -0.2) is 4.98 Å². The van der Waals surface area contributed by atoms with E-state index in [1.807, 2.05) is 28.8 Å². The highest BCUT2D eigenvalue weighted by Gasteiger charge is 2.11. The van der Waals surface area contributed by atoms with Crippen molar-refractivity contribution < 1.29 is 9.53 Å². The lowest BCUT2D eigenvalue weighted by molar-refractivity contribution is 0.0973. The third kappa shape index (κ3) is 2.62. The highest BCUT2D eigenvalue weighted by atomic mass is 35.5. The summed E-state index contributed by atoms with van der Waals surface area (Å²) in [5, 5.41) is 0.429. The number of para-hydroxylation sites is 2. The zero-order chi connectivity index (χ0) is 14.8. The molecule has 0 saturated heterocycles. The molecule has 0 bridgehead atoms. The summed E-state index contributed by atoms with van der Waals surface area (Å²) >= 11 is 6.05. The number of carbonyl (C=O) groups is 1.